The van der Waals surface area contributed by atoms with E-state index in [1.807, 2.05) is 135 Å². The summed E-state index contributed by atoms with van der Waals surface area (Å²) >= 11 is 0. The van der Waals surface area contributed by atoms with E-state index in [1.165, 1.54) is 39.2 Å². The van der Waals surface area contributed by atoms with E-state index in [4.69, 9.17) is 32.7 Å². The third-order valence-corrected chi connectivity index (χ3v) is 16.6. The highest BCUT2D eigenvalue weighted by Gasteiger charge is 2.53. The van der Waals surface area contributed by atoms with Crippen LogP contribution in [0, 0.1) is 23.2 Å². The number of H-pyrrole nitrogens is 1. The third-order valence-electron chi connectivity index (χ3n) is 14.4. The highest BCUT2D eigenvalue weighted by molar-refractivity contribution is 7.44. The van der Waals surface area contributed by atoms with Crippen molar-refractivity contribution >= 4 is 46.9 Å². The van der Waals surface area contributed by atoms with Crippen LogP contribution in [-0.4, -0.2) is 78.1 Å². The fourth-order valence-corrected chi connectivity index (χ4v) is 12.4. The van der Waals surface area contributed by atoms with Gasteiger partial charge in [0, 0.05) is 42.0 Å². The van der Waals surface area contributed by atoms with Crippen molar-refractivity contribution in [3.63, 3.8) is 0 Å². The maximum atomic E-state index is 14.4. The predicted molar refractivity (Wildman–Crippen MR) is 313 cm³/mol. The van der Waals surface area contributed by atoms with Crippen LogP contribution in [0.3, 0.4) is 0 Å². The summed E-state index contributed by atoms with van der Waals surface area (Å²) in [5.41, 5.74) is 1.98. The summed E-state index contributed by atoms with van der Waals surface area (Å²) in [7, 11) is 1.18. The maximum Gasteiger partial charge on any atom is 0.407 e. The van der Waals surface area contributed by atoms with Gasteiger partial charge in [-0.2, -0.15) is 5.26 Å². The van der Waals surface area contributed by atoms with Crippen molar-refractivity contribution in [1.82, 2.24) is 19.5 Å². The van der Waals surface area contributed by atoms with Crippen molar-refractivity contribution in [2.24, 2.45) is 0 Å². The molecule has 16 heteroatoms. The lowest BCUT2D eigenvalue weighted by atomic mass is 9.80. The number of aromatic nitrogens is 2. The molecule has 2 N–H and O–H groups in total. The van der Waals surface area contributed by atoms with E-state index >= 15 is 0 Å². The largest absolute Gasteiger partial charge is 0.497 e. The monoisotopic (exact) mass is 1100 g/mol. The Morgan fingerprint density at radius 3 is 1.96 bits per heavy atom. The minimum absolute atomic E-state index is 0.0398. The zero-order valence-corrected chi connectivity index (χ0v) is 46.7. The summed E-state index contributed by atoms with van der Waals surface area (Å²) in [6.07, 6.45) is -4.48. The van der Waals surface area contributed by atoms with Crippen LogP contribution in [0.2, 0.25) is 0 Å². The van der Waals surface area contributed by atoms with E-state index in [0.29, 0.717) is 11.5 Å². The Bertz CT molecular complexity index is 3780. The molecule has 0 bridgehead atoms. The summed E-state index contributed by atoms with van der Waals surface area (Å²) in [5, 5.41) is 19.6. The summed E-state index contributed by atoms with van der Waals surface area (Å²) < 4.78 is 48.7. The molecule has 1 unspecified atom stereocenters. The van der Waals surface area contributed by atoms with Gasteiger partial charge in [0.1, 0.15) is 29.3 Å². The summed E-state index contributed by atoms with van der Waals surface area (Å²) in [6.45, 7) is 7.92. The van der Waals surface area contributed by atoms with Crippen LogP contribution >= 0.6 is 8.53 Å². The number of ether oxygens (including phenoxy) is 5. The van der Waals surface area contributed by atoms with Crippen molar-refractivity contribution in [2.75, 3.05) is 27.4 Å². The molecule has 2 heterocycles. The standard InChI is InChI=1S/C65H62N5O10P/c1-42(2)70(43(3)4)81(77-39-11-37-66)80-60-56(41-76-65(50-14-8-7-9-15-50,51-27-31-53(74-5)32-28-51)52-29-33-54(75-6)34-30-52)78-62(69-38-36-57(71)68-63(69)72)61(60)79-64(73)67-40-45-18-16-44(17-19-45)20-21-46-22-23-49-25-24-47-12-10-13-48-26-35-55(46)59(49)58(47)48/h7-10,12-19,22-36,38,42-43,56,60-62H,11,39-41H2,1-6H3,(H,67,73)(H,68,71,72)/t56-,60-,61+,62-,81?/m1/s1. The van der Waals surface area contributed by atoms with Gasteiger partial charge in [-0.3, -0.25) is 14.3 Å². The molecule has 1 aliphatic heterocycles. The second-order valence-corrected chi connectivity index (χ2v) is 21.6. The molecule has 1 amide bonds. The molecule has 0 radical (unpaired) electrons. The fraction of sp³-hybridized carbons (Fsp3) is 0.262. The molecule has 0 aliphatic carbocycles. The first-order valence-corrected chi connectivity index (χ1v) is 27.9. The molecule has 15 nitrogen and oxygen atoms in total. The number of hydrogen-bond donors (Lipinski definition) is 2. The van der Waals surface area contributed by atoms with E-state index < -0.39 is 56.0 Å². The Morgan fingerprint density at radius 1 is 0.728 bits per heavy atom. The third kappa shape index (κ3) is 11.9. The highest BCUT2D eigenvalue weighted by Crippen LogP contribution is 2.51. The first-order chi connectivity index (χ1) is 39.4. The van der Waals surface area contributed by atoms with Gasteiger partial charge in [0.05, 0.1) is 39.9 Å². The minimum Gasteiger partial charge on any atom is -0.497 e. The highest BCUT2D eigenvalue weighted by atomic mass is 31.2. The number of amides is 1. The number of benzene rings is 8. The van der Waals surface area contributed by atoms with Gasteiger partial charge in [-0.1, -0.05) is 127 Å². The van der Waals surface area contributed by atoms with Gasteiger partial charge in [0.25, 0.3) is 14.1 Å². The molecule has 81 heavy (non-hydrogen) atoms. The van der Waals surface area contributed by atoms with Gasteiger partial charge >= 0.3 is 11.8 Å². The minimum atomic E-state index is -2.02. The van der Waals surface area contributed by atoms with Gasteiger partial charge in [0.15, 0.2) is 12.3 Å². The Kier molecular flexibility index (Phi) is 17.2. The number of alkyl carbamates (subject to hydrolysis) is 1. The maximum absolute atomic E-state index is 14.4. The number of rotatable bonds is 20. The van der Waals surface area contributed by atoms with Gasteiger partial charge in [0.2, 0.25) is 0 Å². The molecule has 1 aliphatic rings. The van der Waals surface area contributed by atoms with Crippen molar-refractivity contribution in [1.29, 1.82) is 5.26 Å². The average Bonchev–Trinajstić information content (AvgIpc) is 3.97. The lowest BCUT2D eigenvalue weighted by Crippen LogP contribution is -2.45. The molecule has 1 fully saturated rings. The first kappa shape index (κ1) is 55.9. The van der Waals surface area contributed by atoms with E-state index in [2.05, 4.69) is 82.8 Å². The second kappa shape index (κ2) is 25.0. The predicted octanol–water partition coefficient (Wildman–Crippen LogP) is 11.7. The van der Waals surface area contributed by atoms with Crippen LogP contribution in [0.15, 0.2) is 180 Å². The average molecular weight is 1100 g/mol. The van der Waals surface area contributed by atoms with Crippen LogP contribution < -0.4 is 26.0 Å². The lowest BCUT2D eigenvalue weighted by molar-refractivity contribution is -0.0948. The van der Waals surface area contributed by atoms with Crippen LogP contribution in [0.25, 0.3) is 32.3 Å². The molecule has 1 saturated heterocycles. The smallest absolute Gasteiger partial charge is 0.407 e. The van der Waals surface area contributed by atoms with Crippen molar-refractivity contribution in [3.05, 3.63) is 224 Å². The summed E-state index contributed by atoms with van der Waals surface area (Å²) in [4.78, 5) is 43.1. The van der Waals surface area contributed by atoms with Gasteiger partial charge in [-0.15, -0.1) is 0 Å². The van der Waals surface area contributed by atoms with E-state index in [-0.39, 0.29) is 38.3 Å². The molecule has 0 saturated carbocycles. The number of carbonyl (C=O) groups excluding carboxylic acids is 1. The first-order valence-electron chi connectivity index (χ1n) is 26.8. The van der Waals surface area contributed by atoms with E-state index in [0.717, 1.165) is 43.3 Å². The molecule has 9 aromatic rings. The van der Waals surface area contributed by atoms with Gasteiger partial charge < -0.3 is 38.0 Å². The molecule has 8 aromatic carbocycles. The molecular weight excluding hydrogens is 1040 g/mol. The Morgan fingerprint density at radius 2 is 1.35 bits per heavy atom. The molecule has 1 aromatic heterocycles. The Hall–Kier alpha value is -8.37. The zero-order valence-electron chi connectivity index (χ0n) is 45.8. The molecular formula is C65H62N5O10P. The number of carbonyl (C=O) groups is 1. The van der Waals surface area contributed by atoms with Gasteiger partial charge in [-0.05, 0) is 125 Å². The van der Waals surface area contributed by atoms with Crippen LogP contribution in [0.4, 0.5) is 4.79 Å². The molecule has 10 rings (SSSR count). The normalized spacial score (nSPS) is 16.6. The lowest BCUT2D eigenvalue weighted by Gasteiger charge is -2.39. The number of aromatic amines is 1. The van der Waals surface area contributed by atoms with Crippen LogP contribution in [0.5, 0.6) is 11.5 Å². The molecule has 412 valence electrons. The SMILES string of the molecule is COc1ccc(C(OC[C@H]2O[C@@H](n3ccc(=O)[nH]c3=O)[C@@H](OC(=O)NCc3ccc(C#Cc4ccc5ccc6cccc7ccc4c5c67)cc3)[C@@H]2OP(OCCC#N)N(C(C)C)C(C)C)(c2ccccc2)c2ccc(OC)cc2)cc1. The Labute approximate surface area is 471 Å². The van der Waals surface area contributed by atoms with Crippen LogP contribution in [0.1, 0.15) is 73.7 Å². The van der Waals surface area contributed by atoms with Crippen molar-refractivity contribution < 1.29 is 37.5 Å². The number of nitrogens with one attached hydrogen (secondary N) is 2. The van der Waals surface area contributed by atoms with Gasteiger partial charge in [-0.25, -0.2) is 14.3 Å². The summed E-state index contributed by atoms with van der Waals surface area (Å²) in [6, 6.07) is 54.7. The number of nitrogens with zero attached hydrogens (tertiary/aromatic N) is 3. The number of nitriles is 1. The van der Waals surface area contributed by atoms with Crippen molar-refractivity contribution in [3.8, 4) is 29.4 Å². The zero-order chi connectivity index (χ0) is 56.6. The molecule has 0 spiro atoms. The van der Waals surface area contributed by atoms with E-state index in [9.17, 15) is 19.6 Å². The molecule has 5 atom stereocenters. The fourth-order valence-electron chi connectivity index (χ4n) is 10.7. The second-order valence-electron chi connectivity index (χ2n) is 20.2. The quantitative estimate of drug-likeness (QED) is 0.0243. The Balaban J connectivity index is 0.980. The topological polar surface area (TPSA) is 176 Å². The van der Waals surface area contributed by atoms with Crippen molar-refractivity contribution in [2.45, 2.75) is 82.9 Å². The number of methoxy groups -OCH3 is 2. The van der Waals surface area contributed by atoms with Crippen LogP contribution in [-0.2, 0) is 35.4 Å². The number of hydrogen-bond acceptors (Lipinski definition) is 12. The van der Waals surface area contributed by atoms with E-state index in [1.54, 1.807) is 14.2 Å². The summed E-state index contributed by atoms with van der Waals surface area (Å²) in [5.74, 6) is 8.01.